The Hall–Kier alpha value is -2.40. The summed E-state index contributed by atoms with van der Waals surface area (Å²) in [4.78, 5) is 14.6. The molecule has 1 amide bonds. The minimum atomic E-state index is -0.298. The van der Waals surface area contributed by atoms with E-state index < -0.39 is 0 Å². The van der Waals surface area contributed by atoms with Crippen LogP contribution in [0.25, 0.3) is 0 Å². The van der Waals surface area contributed by atoms with Gasteiger partial charge in [0.25, 0.3) is 0 Å². The van der Waals surface area contributed by atoms with Crippen LogP contribution in [-0.4, -0.2) is 36.5 Å². The molecular formula is C22H27FN2O2. The summed E-state index contributed by atoms with van der Waals surface area (Å²) >= 11 is 0. The maximum atomic E-state index is 12.9. The Morgan fingerprint density at radius 2 is 1.89 bits per heavy atom. The largest absolute Gasteiger partial charge is 0.493 e. The van der Waals surface area contributed by atoms with E-state index in [1.807, 2.05) is 6.07 Å². The van der Waals surface area contributed by atoms with Crippen molar-refractivity contribution in [1.82, 2.24) is 10.2 Å². The molecule has 1 aliphatic heterocycles. The van der Waals surface area contributed by atoms with Crippen LogP contribution in [0, 0.1) is 5.82 Å². The van der Waals surface area contributed by atoms with Gasteiger partial charge in [-0.1, -0.05) is 36.8 Å². The fourth-order valence-electron chi connectivity index (χ4n) is 3.43. The Kier molecular flexibility index (Phi) is 7.22. The summed E-state index contributed by atoms with van der Waals surface area (Å²) in [6.07, 6.45) is 3.82. The SMILES string of the molecule is O=C(CCOc1ccc(F)cc1)NCC1CCCCN1Cc1ccccc1. The molecule has 1 aliphatic rings. The quantitative estimate of drug-likeness (QED) is 0.769. The molecule has 0 saturated carbocycles. The van der Waals surface area contributed by atoms with Crippen LogP contribution in [0.4, 0.5) is 4.39 Å². The van der Waals surface area contributed by atoms with E-state index in [9.17, 15) is 9.18 Å². The summed E-state index contributed by atoms with van der Waals surface area (Å²) in [5, 5.41) is 3.04. The molecule has 1 atom stereocenters. The van der Waals surface area contributed by atoms with Gasteiger partial charge >= 0.3 is 0 Å². The van der Waals surface area contributed by atoms with Crippen molar-refractivity contribution < 1.29 is 13.9 Å². The van der Waals surface area contributed by atoms with Gasteiger partial charge in [-0.2, -0.15) is 0 Å². The lowest BCUT2D eigenvalue weighted by Gasteiger charge is -2.35. The number of benzene rings is 2. The molecule has 0 aliphatic carbocycles. The Morgan fingerprint density at radius 3 is 2.67 bits per heavy atom. The third-order valence-corrected chi connectivity index (χ3v) is 4.92. The maximum absolute atomic E-state index is 12.9. The zero-order valence-electron chi connectivity index (χ0n) is 15.6. The summed E-state index contributed by atoms with van der Waals surface area (Å²) < 4.78 is 18.3. The minimum absolute atomic E-state index is 0.0117. The number of ether oxygens (including phenoxy) is 1. The topological polar surface area (TPSA) is 41.6 Å². The highest BCUT2D eigenvalue weighted by atomic mass is 19.1. The Morgan fingerprint density at radius 1 is 1.11 bits per heavy atom. The molecule has 1 saturated heterocycles. The maximum Gasteiger partial charge on any atom is 0.223 e. The van der Waals surface area contributed by atoms with Gasteiger partial charge in [-0.15, -0.1) is 0 Å². The van der Waals surface area contributed by atoms with Crippen LogP contribution in [-0.2, 0) is 11.3 Å². The standard InChI is InChI=1S/C22H27FN2O2/c23-19-9-11-21(12-10-19)27-15-13-22(26)24-16-20-8-4-5-14-25(20)17-18-6-2-1-3-7-18/h1-3,6-7,9-12,20H,4-5,8,13-17H2,(H,24,26). The number of likely N-dealkylation sites (tertiary alicyclic amines) is 1. The summed E-state index contributed by atoms with van der Waals surface area (Å²) in [7, 11) is 0. The molecule has 0 spiro atoms. The van der Waals surface area contributed by atoms with Crippen molar-refractivity contribution in [3.63, 3.8) is 0 Å². The Labute approximate surface area is 160 Å². The lowest BCUT2D eigenvalue weighted by molar-refractivity contribution is -0.121. The third kappa shape index (κ3) is 6.36. The van der Waals surface area contributed by atoms with Crippen molar-refractivity contribution in [2.45, 2.75) is 38.3 Å². The van der Waals surface area contributed by atoms with E-state index in [1.54, 1.807) is 12.1 Å². The van der Waals surface area contributed by atoms with Crippen LogP contribution < -0.4 is 10.1 Å². The van der Waals surface area contributed by atoms with Gasteiger partial charge < -0.3 is 10.1 Å². The zero-order chi connectivity index (χ0) is 18.9. The lowest BCUT2D eigenvalue weighted by Crippen LogP contribution is -2.46. The molecule has 5 heteroatoms. The number of carbonyl (C=O) groups excluding carboxylic acids is 1. The van der Waals surface area contributed by atoms with Crippen molar-refractivity contribution in [3.05, 3.63) is 66.0 Å². The van der Waals surface area contributed by atoms with Crippen molar-refractivity contribution in [2.75, 3.05) is 19.7 Å². The van der Waals surface area contributed by atoms with Crippen LogP contribution in [0.2, 0.25) is 0 Å². The van der Waals surface area contributed by atoms with Gasteiger partial charge in [0.2, 0.25) is 5.91 Å². The average molecular weight is 370 g/mol. The fraction of sp³-hybridized carbons (Fsp3) is 0.409. The summed E-state index contributed by atoms with van der Waals surface area (Å²) in [5.74, 6) is 0.264. The predicted octanol–water partition coefficient (Wildman–Crippen LogP) is 3.77. The molecule has 0 aromatic heterocycles. The van der Waals surface area contributed by atoms with Crippen molar-refractivity contribution in [1.29, 1.82) is 0 Å². The molecule has 2 aromatic rings. The number of rotatable bonds is 8. The van der Waals surface area contributed by atoms with E-state index in [-0.39, 0.29) is 18.3 Å². The molecular weight excluding hydrogens is 343 g/mol. The number of nitrogens with zero attached hydrogens (tertiary/aromatic N) is 1. The van der Waals surface area contributed by atoms with Gasteiger partial charge in [-0.25, -0.2) is 4.39 Å². The van der Waals surface area contributed by atoms with Crippen molar-refractivity contribution >= 4 is 5.91 Å². The van der Waals surface area contributed by atoms with Gasteiger partial charge in [0, 0.05) is 19.1 Å². The number of halogens is 1. The number of piperidine rings is 1. The van der Waals surface area contributed by atoms with E-state index in [0.717, 1.165) is 19.5 Å². The summed E-state index contributed by atoms with van der Waals surface area (Å²) in [6.45, 7) is 2.95. The second kappa shape index (κ2) is 10.1. The minimum Gasteiger partial charge on any atom is -0.493 e. The number of carbonyl (C=O) groups is 1. The Bertz CT molecular complexity index is 706. The first-order valence-electron chi connectivity index (χ1n) is 9.64. The van der Waals surface area contributed by atoms with Crippen LogP contribution in [0.5, 0.6) is 5.75 Å². The second-order valence-electron chi connectivity index (χ2n) is 6.96. The van der Waals surface area contributed by atoms with E-state index in [2.05, 4.69) is 34.5 Å². The first kappa shape index (κ1) is 19.4. The first-order chi connectivity index (χ1) is 13.2. The smallest absolute Gasteiger partial charge is 0.223 e. The van der Waals surface area contributed by atoms with E-state index in [1.165, 1.54) is 30.5 Å². The lowest BCUT2D eigenvalue weighted by atomic mass is 10.0. The number of hydrogen-bond donors (Lipinski definition) is 1. The van der Waals surface area contributed by atoms with Crippen molar-refractivity contribution in [2.24, 2.45) is 0 Å². The second-order valence-corrected chi connectivity index (χ2v) is 6.96. The van der Waals surface area contributed by atoms with Crippen LogP contribution >= 0.6 is 0 Å². The molecule has 1 heterocycles. The molecule has 0 radical (unpaired) electrons. The molecule has 2 aromatic carbocycles. The molecule has 1 N–H and O–H groups in total. The number of amides is 1. The van der Waals surface area contributed by atoms with Gasteiger partial charge in [-0.3, -0.25) is 9.69 Å². The Balaban J connectivity index is 1.40. The molecule has 1 unspecified atom stereocenters. The van der Waals surface area contributed by atoms with Crippen molar-refractivity contribution in [3.8, 4) is 5.75 Å². The van der Waals surface area contributed by atoms with Crippen LogP contribution in [0.1, 0.15) is 31.2 Å². The van der Waals surface area contributed by atoms with Gasteiger partial charge in [-0.05, 0) is 49.2 Å². The highest BCUT2D eigenvalue weighted by molar-refractivity contribution is 5.76. The molecule has 27 heavy (non-hydrogen) atoms. The molecule has 4 nitrogen and oxygen atoms in total. The number of hydrogen-bond acceptors (Lipinski definition) is 3. The zero-order valence-corrected chi connectivity index (χ0v) is 15.6. The molecule has 3 rings (SSSR count). The predicted molar refractivity (Wildman–Crippen MR) is 104 cm³/mol. The highest BCUT2D eigenvalue weighted by Gasteiger charge is 2.22. The number of nitrogens with one attached hydrogen (secondary N) is 1. The highest BCUT2D eigenvalue weighted by Crippen LogP contribution is 2.19. The normalized spacial score (nSPS) is 17.4. The molecule has 1 fully saturated rings. The fourth-order valence-corrected chi connectivity index (χ4v) is 3.43. The first-order valence-corrected chi connectivity index (χ1v) is 9.64. The van der Waals surface area contributed by atoms with Gasteiger partial charge in [0.15, 0.2) is 0 Å². The third-order valence-electron chi connectivity index (χ3n) is 4.92. The summed E-state index contributed by atoms with van der Waals surface area (Å²) in [6, 6.07) is 16.7. The summed E-state index contributed by atoms with van der Waals surface area (Å²) in [5.41, 5.74) is 1.31. The van der Waals surface area contributed by atoms with E-state index in [0.29, 0.717) is 24.8 Å². The van der Waals surface area contributed by atoms with Gasteiger partial charge in [0.1, 0.15) is 11.6 Å². The van der Waals surface area contributed by atoms with Crippen LogP contribution in [0.15, 0.2) is 54.6 Å². The van der Waals surface area contributed by atoms with Crippen LogP contribution in [0.3, 0.4) is 0 Å². The molecule has 144 valence electrons. The van der Waals surface area contributed by atoms with E-state index >= 15 is 0 Å². The monoisotopic (exact) mass is 370 g/mol. The van der Waals surface area contributed by atoms with E-state index in [4.69, 9.17) is 4.74 Å². The average Bonchev–Trinajstić information content (AvgIpc) is 2.70. The van der Waals surface area contributed by atoms with Gasteiger partial charge in [0.05, 0.1) is 13.0 Å². The molecule has 0 bridgehead atoms.